The molecule has 5 nitrogen and oxygen atoms in total. The summed E-state index contributed by atoms with van der Waals surface area (Å²) in [5, 5.41) is 13.1. The first-order valence-corrected chi connectivity index (χ1v) is 5.85. The van der Waals surface area contributed by atoms with Crippen molar-refractivity contribution in [3.05, 3.63) is 39.9 Å². The summed E-state index contributed by atoms with van der Waals surface area (Å²) in [4.78, 5) is 21.4. The van der Waals surface area contributed by atoms with Crippen molar-refractivity contribution in [1.29, 1.82) is 0 Å². The number of benzene rings is 1. The molecule has 0 atom stereocenters. The van der Waals surface area contributed by atoms with Gasteiger partial charge in [-0.25, -0.2) is 0 Å². The zero-order valence-corrected chi connectivity index (χ0v) is 10.0. The van der Waals surface area contributed by atoms with Gasteiger partial charge in [-0.15, -0.1) is 0 Å². The summed E-state index contributed by atoms with van der Waals surface area (Å²) in [6.45, 7) is 0. The molecule has 1 aromatic carbocycles. The predicted octanol–water partition coefficient (Wildman–Crippen LogP) is 0.451. The van der Waals surface area contributed by atoms with Crippen LogP contribution < -0.4 is 5.32 Å². The molecule has 0 aliphatic rings. The molecular weight excluding hydrogens is 291 g/mol. The normalized spacial score (nSPS) is 9.50. The Balaban J connectivity index is 3.07. The van der Waals surface area contributed by atoms with Gasteiger partial charge in [0.25, 0.3) is 0 Å². The Labute approximate surface area is 93.7 Å². The number of carbonyl (C=O) groups is 1. The van der Waals surface area contributed by atoms with E-state index in [9.17, 15) is 14.9 Å². The molecule has 1 aromatic rings. The van der Waals surface area contributed by atoms with Gasteiger partial charge < -0.3 is 0 Å². The third-order valence-electron chi connectivity index (χ3n) is 1.59. The van der Waals surface area contributed by atoms with Gasteiger partial charge >= 0.3 is 93.7 Å². The standard InChI is InChI=1S/C8H7N2O3.Sn/c1-9-8(11)6-4-2-3-5-7(6)10(12)13;/h2-5H,1H2,(H,9,11);. The van der Waals surface area contributed by atoms with Gasteiger partial charge in [0.2, 0.25) is 0 Å². The Morgan fingerprint density at radius 1 is 1.50 bits per heavy atom. The van der Waals surface area contributed by atoms with Gasteiger partial charge in [-0.05, 0) is 0 Å². The number of nitrogens with one attached hydrogen (secondary N) is 1. The number of nitro benzene ring substituents is 1. The van der Waals surface area contributed by atoms with E-state index in [1.807, 2.05) is 0 Å². The molecule has 0 fully saturated rings. The average molecular weight is 298 g/mol. The van der Waals surface area contributed by atoms with Crippen LogP contribution in [0.5, 0.6) is 0 Å². The van der Waals surface area contributed by atoms with Gasteiger partial charge in [-0.2, -0.15) is 0 Å². The zero-order chi connectivity index (χ0) is 10.6. The van der Waals surface area contributed by atoms with Crippen LogP contribution in [-0.2, 0) is 0 Å². The van der Waals surface area contributed by atoms with E-state index >= 15 is 0 Å². The van der Waals surface area contributed by atoms with Gasteiger partial charge in [-0.1, -0.05) is 0 Å². The van der Waals surface area contributed by atoms with E-state index in [0.29, 0.717) is 4.56 Å². The van der Waals surface area contributed by atoms with Crippen molar-refractivity contribution >= 4 is 34.1 Å². The van der Waals surface area contributed by atoms with E-state index in [1.54, 1.807) is 6.07 Å². The van der Waals surface area contributed by atoms with E-state index in [-0.39, 0.29) is 11.3 Å². The minimum absolute atomic E-state index is 0.111. The van der Waals surface area contributed by atoms with Crippen LogP contribution in [0.2, 0.25) is 0 Å². The second-order valence-electron chi connectivity index (χ2n) is 2.46. The molecule has 14 heavy (non-hydrogen) atoms. The van der Waals surface area contributed by atoms with E-state index in [0.717, 1.165) is 22.5 Å². The van der Waals surface area contributed by atoms with Crippen molar-refractivity contribution in [3.63, 3.8) is 0 Å². The Bertz CT molecular complexity index is 367. The van der Waals surface area contributed by atoms with Crippen LogP contribution >= 0.6 is 0 Å². The van der Waals surface area contributed by atoms with Crippen molar-refractivity contribution in [1.82, 2.24) is 5.32 Å². The molecule has 1 rings (SSSR count). The number of hydrogen-bond acceptors (Lipinski definition) is 3. The molecule has 0 saturated heterocycles. The van der Waals surface area contributed by atoms with E-state index in [1.165, 1.54) is 18.2 Å². The van der Waals surface area contributed by atoms with Crippen LogP contribution in [0, 0.1) is 10.1 Å². The fraction of sp³-hybridized carbons (Fsp3) is 0.125. The number of nitrogens with zero attached hydrogens (tertiary/aromatic N) is 1. The van der Waals surface area contributed by atoms with Crippen LogP contribution in [-0.4, -0.2) is 37.9 Å². The Morgan fingerprint density at radius 2 is 2.14 bits per heavy atom. The van der Waals surface area contributed by atoms with Gasteiger partial charge in [0.15, 0.2) is 0 Å². The van der Waals surface area contributed by atoms with Gasteiger partial charge in [0.05, 0.1) is 0 Å². The fourth-order valence-electron chi connectivity index (χ4n) is 1.00. The molecule has 0 bridgehead atoms. The second kappa shape index (κ2) is 4.94. The van der Waals surface area contributed by atoms with Crippen molar-refractivity contribution in [2.24, 2.45) is 0 Å². The first kappa shape index (κ1) is 11.0. The molecule has 71 valence electrons. The molecule has 0 unspecified atom stereocenters. The molecule has 0 heterocycles. The number of para-hydroxylation sites is 1. The second-order valence-corrected chi connectivity index (χ2v) is 3.47. The van der Waals surface area contributed by atoms with E-state index in [4.69, 9.17) is 0 Å². The first-order chi connectivity index (χ1) is 6.66. The Morgan fingerprint density at radius 3 is 2.71 bits per heavy atom. The maximum absolute atomic E-state index is 11.4. The summed E-state index contributed by atoms with van der Waals surface area (Å²) < 4.78 is 0.539. The van der Waals surface area contributed by atoms with Crippen LogP contribution in [0.25, 0.3) is 0 Å². The number of rotatable bonds is 3. The van der Waals surface area contributed by atoms with Crippen LogP contribution in [0.1, 0.15) is 10.4 Å². The van der Waals surface area contributed by atoms with Crippen LogP contribution in [0.15, 0.2) is 24.3 Å². The van der Waals surface area contributed by atoms with Crippen LogP contribution in [0.4, 0.5) is 5.69 Å². The van der Waals surface area contributed by atoms with E-state index < -0.39 is 10.8 Å². The van der Waals surface area contributed by atoms with Crippen LogP contribution in [0.3, 0.4) is 0 Å². The number of nitro groups is 1. The fourth-order valence-corrected chi connectivity index (χ4v) is 1.46. The minimum atomic E-state index is -0.558. The van der Waals surface area contributed by atoms with Crippen molar-refractivity contribution < 1.29 is 9.72 Å². The molecule has 1 N–H and O–H groups in total. The third-order valence-corrected chi connectivity index (χ3v) is 2.10. The molecule has 0 saturated carbocycles. The zero-order valence-electron chi connectivity index (χ0n) is 7.19. The quantitative estimate of drug-likeness (QED) is 0.500. The summed E-state index contributed by atoms with van der Waals surface area (Å²) in [5.74, 6) is -0.394. The number of hydrogen-bond donors (Lipinski definition) is 1. The molecule has 0 aromatic heterocycles. The summed E-state index contributed by atoms with van der Waals surface area (Å²) in [6, 6.07) is 5.90. The predicted molar refractivity (Wildman–Crippen MR) is 51.2 cm³/mol. The monoisotopic (exact) mass is 299 g/mol. The topological polar surface area (TPSA) is 72.2 Å². The molecular formula is C8H7N2O3Sn. The summed E-state index contributed by atoms with van der Waals surface area (Å²) in [6.07, 6.45) is 0. The Hall–Kier alpha value is -1.11. The van der Waals surface area contributed by atoms with Gasteiger partial charge in [0.1, 0.15) is 0 Å². The molecule has 0 aliphatic heterocycles. The number of amides is 1. The van der Waals surface area contributed by atoms with Crippen molar-refractivity contribution in [2.45, 2.75) is 0 Å². The SMILES string of the molecule is O=C(N[CH2][Sn])c1ccccc1[N+](=O)[O-]. The third kappa shape index (κ3) is 2.44. The maximum atomic E-state index is 11.4. The Kier molecular flexibility index (Phi) is 3.87. The molecule has 3 radical (unpaired) electrons. The molecule has 0 spiro atoms. The van der Waals surface area contributed by atoms with Crippen molar-refractivity contribution in [2.75, 3.05) is 4.56 Å². The summed E-state index contributed by atoms with van der Waals surface area (Å²) in [7, 11) is 0. The van der Waals surface area contributed by atoms with Gasteiger partial charge in [0, 0.05) is 0 Å². The van der Waals surface area contributed by atoms with Crippen molar-refractivity contribution in [3.8, 4) is 0 Å². The molecule has 1 amide bonds. The number of carbonyl (C=O) groups excluding carboxylic acids is 1. The molecule has 0 aliphatic carbocycles. The van der Waals surface area contributed by atoms with E-state index in [2.05, 4.69) is 5.32 Å². The average Bonchev–Trinajstić information content (AvgIpc) is 2.18. The summed E-state index contributed by atoms with van der Waals surface area (Å²) >= 11 is 1.16. The first-order valence-electron chi connectivity index (χ1n) is 3.83. The molecule has 6 heteroatoms. The van der Waals surface area contributed by atoms with Gasteiger partial charge in [-0.3, -0.25) is 0 Å². The summed E-state index contributed by atoms with van der Waals surface area (Å²) in [5.41, 5.74) is -0.0471.